The molecule has 0 aromatic carbocycles. The highest BCUT2D eigenvalue weighted by Crippen LogP contribution is 2.20. The normalized spacial score (nSPS) is 12.5. The van der Waals surface area contributed by atoms with Crippen molar-refractivity contribution < 1.29 is 4.79 Å². The van der Waals surface area contributed by atoms with Crippen LogP contribution in [0.15, 0.2) is 22.8 Å². The van der Waals surface area contributed by atoms with Gasteiger partial charge >= 0.3 is 0 Å². The Bertz CT molecular complexity index is 264. The molecule has 0 saturated carbocycles. The van der Waals surface area contributed by atoms with Crippen molar-refractivity contribution in [3.63, 3.8) is 0 Å². The number of carbonyl (C=O) groups is 1. The minimum atomic E-state index is -0.306. The lowest BCUT2D eigenvalue weighted by Crippen LogP contribution is -1.93. The second kappa shape index (κ2) is 3.97. The van der Waals surface area contributed by atoms with Gasteiger partial charge in [0, 0.05) is 10.7 Å². The minimum Gasteiger partial charge on any atom is -0.302 e. The van der Waals surface area contributed by atoms with Gasteiger partial charge in [0.25, 0.3) is 0 Å². The molecule has 1 rings (SSSR count). The molecular formula is C7H5Br2NO. The van der Waals surface area contributed by atoms with Gasteiger partial charge in [0.1, 0.15) is 11.1 Å². The van der Waals surface area contributed by atoms with E-state index in [0.717, 1.165) is 16.5 Å². The number of halogens is 2. The molecule has 0 bridgehead atoms. The van der Waals surface area contributed by atoms with Crippen LogP contribution in [-0.4, -0.2) is 11.3 Å². The molecule has 1 aromatic heterocycles. The van der Waals surface area contributed by atoms with E-state index in [1.165, 1.54) is 0 Å². The molecule has 0 spiro atoms. The van der Waals surface area contributed by atoms with E-state index in [1.54, 1.807) is 12.3 Å². The highest BCUT2D eigenvalue weighted by atomic mass is 79.9. The van der Waals surface area contributed by atoms with Gasteiger partial charge in [0.05, 0.1) is 5.69 Å². The lowest BCUT2D eigenvalue weighted by Gasteiger charge is -1.99. The number of pyridine rings is 1. The first-order chi connectivity index (χ1) is 5.24. The first-order valence-electron chi connectivity index (χ1n) is 2.95. The van der Waals surface area contributed by atoms with E-state index in [4.69, 9.17) is 0 Å². The summed E-state index contributed by atoms with van der Waals surface area (Å²) < 4.78 is 0.925. The van der Waals surface area contributed by atoms with Crippen LogP contribution in [0.2, 0.25) is 0 Å². The highest BCUT2D eigenvalue weighted by molar-refractivity contribution is 9.10. The summed E-state index contributed by atoms with van der Waals surface area (Å²) in [5.74, 6) is 0. The highest BCUT2D eigenvalue weighted by Gasteiger charge is 2.05. The predicted octanol–water partition coefficient (Wildman–Crippen LogP) is 2.48. The van der Waals surface area contributed by atoms with Crippen molar-refractivity contribution in [2.45, 2.75) is 4.83 Å². The largest absolute Gasteiger partial charge is 0.302 e. The number of rotatable bonds is 2. The standard InChI is InChI=1S/C7H5Br2NO/c8-5-1-2-10-7(3-5)6(9)4-11/h1-4,6H/t6-/m1/s1. The van der Waals surface area contributed by atoms with Crippen LogP contribution in [0.3, 0.4) is 0 Å². The second-order valence-corrected chi connectivity index (χ2v) is 3.84. The van der Waals surface area contributed by atoms with E-state index in [1.807, 2.05) is 6.07 Å². The Kier molecular flexibility index (Phi) is 3.20. The molecular weight excluding hydrogens is 274 g/mol. The molecule has 1 atom stereocenters. The van der Waals surface area contributed by atoms with Gasteiger partial charge in [-0.25, -0.2) is 0 Å². The maximum absolute atomic E-state index is 10.3. The Morgan fingerprint density at radius 1 is 1.64 bits per heavy atom. The molecule has 0 amide bonds. The molecule has 2 nitrogen and oxygen atoms in total. The number of aldehydes is 1. The van der Waals surface area contributed by atoms with Gasteiger partial charge in [-0.1, -0.05) is 31.9 Å². The Morgan fingerprint density at radius 2 is 2.36 bits per heavy atom. The maximum Gasteiger partial charge on any atom is 0.139 e. The number of aromatic nitrogens is 1. The average Bonchev–Trinajstić information content (AvgIpc) is 2.03. The summed E-state index contributed by atoms with van der Waals surface area (Å²) in [5.41, 5.74) is 0.717. The number of carbonyl (C=O) groups excluding carboxylic acids is 1. The van der Waals surface area contributed by atoms with Crippen molar-refractivity contribution >= 4 is 38.1 Å². The van der Waals surface area contributed by atoms with Crippen LogP contribution in [0, 0.1) is 0 Å². The molecule has 1 heterocycles. The van der Waals surface area contributed by atoms with E-state index >= 15 is 0 Å². The smallest absolute Gasteiger partial charge is 0.139 e. The van der Waals surface area contributed by atoms with E-state index < -0.39 is 0 Å². The van der Waals surface area contributed by atoms with Crippen LogP contribution in [-0.2, 0) is 4.79 Å². The van der Waals surface area contributed by atoms with Crippen LogP contribution in [0.5, 0.6) is 0 Å². The van der Waals surface area contributed by atoms with Crippen LogP contribution in [0.4, 0.5) is 0 Å². The molecule has 0 aliphatic rings. The average molecular weight is 279 g/mol. The molecule has 0 aliphatic heterocycles. The van der Waals surface area contributed by atoms with Crippen molar-refractivity contribution in [1.82, 2.24) is 4.98 Å². The first-order valence-corrected chi connectivity index (χ1v) is 4.65. The fraction of sp³-hybridized carbons (Fsp3) is 0.143. The Balaban J connectivity index is 2.95. The van der Waals surface area contributed by atoms with Crippen molar-refractivity contribution in [1.29, 1.82) is 0 Å². The number of hydrogen-bond donors (Lipinski definition) is 0. The molecule has 0 saturated heterocycles. The molecule has 0 N–H and O–H groups in total. The van der Waals surface area contributed by atoms with Crippen LogP contribution in [0.1, 0.15) is 10.5 Å². The molecule has 1 aromatic rings. The zero-order valence-corrected chi connectivity index (χ0v) is 8.67. The molecule has 0 aliphatic carbocycles. The van der Waals surface area contributed by atoms with E-state index in [-0.39, 0.29) is 4.83 Å². The summed E-state index contributed by atoms with van der Waals surface area (Å²) >= 11 is 6.45. The molecule has 0 unspecified atom stereocenters. The zero-order valence-electron chi connectivity index (χ0n) is 5.50. The third-order valence-electron chi connectivity index (χ3n) is 1.15. The van der Waals surface area contributed by atoms with Gasteiger partial charge in [0.2, 0.25) is 0 Å². The van der Waals surface area contributed by atoms with Crippen molar-refractivity contribution in [2.24, 2.45) is 0 Å². The van der Waals surface area contributed by atoms with Crippen LogP contribution >= 0.6 is 31.9 Å². The fourth-order valence-corrected chi connectivity index (χ4v) is 1.24. The molecule has 58 valence electrons. The lowest BCUT2D eigenvalue weighted by atomic mass is 10.3. The third-order valence-corrected chi connectivity index (χ3v) is 2.32. The number of nitrogens with zero attached hydrogens (tertiary/aromatic N) is 1. The summed E-state index contributed by atoms with van der Waals surface area (Å²) in [7, 11) is 0. The number of hydrogen-bond acceptors (Lipinski definition) is 2. The fourth-order valence-electron chi connectivity index (χ4n) is 0.642. The topological polar surface area (TPSA) is 30.0 Å². The second-order valence-electron chi connectivity index (χ2n) is 1.94. The first kappa shape index (κ1) is 8.87. The van der Waals surface area contributed by atoms with Gasteiger partial charge in [-0.2, -0.15) is 0 Å². The van der Waals surface area contributed by atoms with Gasteiger partial charge in [0.15, 0.2) is 0 Å². The predicted molar refractivity (Wildman–Crippen MR) is 49.7 cm³/mol. The van der Waals surface area contributed by atoms with E-state index in [2.05, 4.69) is 36.8 Å². The minimum absolute atomic E-state index is 0.306. The number of alkyl halides is 1. The Hall–Kier alpha value is -0.220. The summed E-state index contributed by atoms with van der Waals surface area (Å²) in [5, 5.41) is 0. The van der Waals surface area contributed by atoms with Crippen molar-refractivity contribution in [2.75, 3.05) is 0 Å². The molecule has 4 heteroatoms. The van der Waals surface area contributed by atoms with Crippen molar-refractivity contribution in [3.8, 4) is 0 Å². The summed E-state index contributed by atoms with van der Waals surface area (Å²) in [6, 6.07) is 3.61. The molecule has 0 radical (unpaired) electrons. The van der Waals surface area contributed by atoms with Gasteiger partial charge in [-0.05, 0) is 12.1 Å². The summed E-state index contributed by atoms with van der Waals surface area (Å²) in [4.78, 5) is 14.0. The van der Waals surface area contributed by atoms with Crippen molar-refractivity contribution in [3.05, 3.63) is 28.5 Å². The lowest BCUT2D eigenvalue weighted by molar-refractivity contribution is -0.107. The summed E-state index contributed by atoms with van der Waals surface area (Å²) in [6.45, 7) is 0. The summed E-state index contributed by atoms with van der Waals surface area (Å²) in [6.07, 6.45) is 2.45. The van der Waals surface area contributed by atoms with Gasteiger partial charge < -0.3 is 4.79 Å². The molecule has 0 fully saturated rings. The van der Waals surface area contributed by atoms with Crippen LogP contribution in [0.25, 0.3) is 0 Å². The zero-order chi connectivity index (χ0) is 8.27. The quantitative estimate of drug-likeness (QED) is 0.615. The van der Waals surface area contributed by atoms with Crippen LogP contribution < -0.4 is 0 Å². The maximum atomic E-state index is 10.3. The van der Waals surface area contributed by atoms with E-state index in [0.29, 0.717) is 0 Å². The third kappa shape index (κ3) is 2.38. The monoisotopic (exact) mass is 277 g/mol. The van der Waals surface area contributed by atoms with Gasteiger partial charge in [-0.15, -0.1) is 0 Å². The SMILES string of the molecule is O=C[C@@H](Br)c1cc(Br)ccn1. The Labute approximate surface area is 81.3 Å². The Morgan fingerprint density at radius 3 is 2.91 bits per heavy atom. The van der Waals surface area contributed by atoms with Gasteiger partial charge in [-0.3, -0.25) is 4.98 Å². The van der Waals surface area contributed by atoms with E-state index in [9.17, 15) is 4.79 Å². The molecule has 11 heavy (non-hydrogen) atoms.